The van der Waals surface area contributed by atoms with Gasteiger partial charge in [0.2, 0.25) is 5.95 Å². The number of aliphatic carboxylic acids is 1. The van der Waals surface area contributed by atoms with Crippen molar-refractivity contribution < 1.29 is 9.90 Å². The van der Waals surface area contributed by atoms with E-state index < -0.39 is 5.97 Å². The highest BCUT2D eigenvalue weighted by molar-refractivity contribution is 6.37. The minimum absolute atomic E-state index is 0.0479. The van der Waals surface area contributed by atoms with Gasteiger partial charge in [-0.1, -0.05) is 25.1 Å². The third-order valence-electron chi connectivity index (χ3n) is 6.78. The maximum Gasteiger partial charge on any atom is 0.306 e. The highest BCUT2D eigenvalue weighted by Gasteiger charge is 2.29. The van der Waals surface area contributed by atoms with E-state index in [4.69, 9.17) is 16.6 Å². The van der Waals surface area contributed by atoms with Crippen molar-refractivity contribution in [3.05, 3.63) is 71.2 Å². The predicted octanol–water partition coefficient (Wildman–Crippen LogP) is 3.17. The quantitative estimate of drug-likeness (QED) is 0.215. The third-order valence-corrected chi connectivity index (χ3v) is 6.78. The molecule has 0 radical (unpaired) electrons. The molecule has 11 nitrogen and oxygen atoms in total. The van der Waals surface area contributed by atoms with E-state index in [1.54, 1.807) is 24.3 Å². The second kappa shape index (κ2) is 12.7. The lowest BCUT2D eigenvalue weighted by Crippen LogP contribution is -2.38. The van der Waals surface area contributed by atoms with Gasteiger partial charge in [0.15, 0.2) is 0 Å². The number of nitrogen functional groups attached to an aromatic ring is 1. The molecule has 1 aromatic carbocycles. The van der Waals surface area contributed by atoms with Gasteiger partial charge >= 0.3 is 5.97 Å². The van der Waals surface area contributed by atoms with Gasteiger partial charge in [-0.3, -0.25) is 19.7 Å². The first-order valence-electron chi connectivity index (χ1n) is 12.8. The lowest BCUT2D eigenvalue weighted by molar-refractivity contribution is -0.143. The summed E-state index contributed by atoms with van der Waals surface area (Å²) < 4.78 is 0. The summed E-state index contributed by atoms with van der Waals surface area (Å²) in [6.45, 7) is 3.89. The monoisotopic (exact) mass is 525 g/mol. The van der Waals surface area contributed by atoms with E-state index in [2.05, 4.69) is 38.0 Å². The van der Waals surface area contributed by atoms with Crippen LogP contribution in [0.2, 0.25) is 0 Å². The summed E-state index contributed by atoms with van der Waals surface area (Å²) in [5, 5.41) is 22.3. The summed E-state index contributed by atoms with van der Waals surface area (Å²) in [5.74, 6) is 4.72. The number of aliphatic imine (C=N–C) groups is 1. The molecule has 4 rings (SSSR count). The minimum atomic E-state index is -0.713. The van der Waals surface area contributed by atoms with E-state index in [0.717, 1.165) is 36.5 Å². The van der Waals surface area contributed by atoms with Crippen molar-refractivity contribution in [2.24, 2.45) is 21.9 Å². The zero-order valence-corrected chi connectivity index (χ0v) is 21.7. The Balaban J connectivity index is 1.47. The van der Waals surface area contributed by atoms with Crippen molar-refractivity contribution >= 4 is 23.8 Å². The number of carbonyl (C=O) groups is 1. The summed E-state index contributed by atoms with van der Waals surface area (Å²) in [7, 11) is 0. The summed E-state index contributed by atoms with van der Waals surface area (Å²) >= 11 is 0. The van der Waals surface area contributed by atoms with Gasteiger partial charge in [-0.05, 0) is 62.7 Å². The van der Waals surface area contributed by atoms with Crippen LogP contribution in [-0.2, 0) is 11.3 Å². The molecule has 11 heteroatoms. The number of nitrogens with zero attached hydrogens (tertiary/aromatic N) is 7. The van der Waals surface area contributed by atoms with Crippen LogP contribution in [-0.4, -0.2) is 55.9 Å². The Morgan fingerprint density at radius 2 is 1.97 bits per heavy atom. The second-order valence-electron chi connectivity index (χ2n) is 9.30. The number of aromatic nitrogens is 3. The van der Waals surface area contributed by atoms with Gasteiger partial charge in [0.1, 0.15) is 5.71 Å². The van der Waals surface area contributed by atoms with E-state index in [9.17, 15) is 15.2 Å². The average molecular weight is 526 g/mol. The molecule has 1 atom stereocenters. The van der Waals surface area contributed by atoms with Crippen LogP contribution in [0.1, 0.15) is 54.9 Å². The van der Waals surface area contributed by atoms with Gasteiger partial charge in [0.25, 0.3) is 0 Å². The van der Waals surface area contributed by atoms with Gasteiger partial charge in [-0.2, -0.15) is 10.4 Å². The number of benzene rings is 1. The molecule has 1 aliphatic heterocycles. The predicted molar refractivity (Wildman–Crippen MR) is 149 cm³/mol. The van der Waals surface area contributed by atoms with Gasteiger partial charge in [0, 0.05) is 5.56 Å². The number of pyridine rings is 1. The number of hydrogen-bond donors (Lipinski definition) is 3. The summed E-state index contributed by atoms with van der Waals surface area (Å²) in [5.41, 5.74) is 10.2. The van der Waals surface area contributed by atoms with Crippen LogP contribution in [0.3, 0.4) is 0 Å². The molecule has 39 heavy (non-hydrogen) atoms. The molecule has 5 N–H and O–H groups in total. The molecule has 1 unspecified atom stereocenters. The van der Waals surface area contributed by atoms with Crippen LogP contribution in [0.4, 0.5) is 5.95 Å². The van der Waals surface area contributed by atoms with E-state index in [1.807, 2.05) is 24.3 Å². The van der Waals surface area contributed by atoms with Gasteiger partial charge in [-0.25, -0.2) is 9.97 Å². The number of piperidine rings is 1. The van der Waals surface area contributed by atoms with Crippen LogP contribution in [0.15, 0.2) is 58.6 Å². The number of rotatable bonds is 9. The Morgan fingerprint density at radius 3 is 2.67 bits per heavy atom. The maximum absolute atomic E-state index is 11.3. The number of hydrogen-bond acceptors (Lipinski definition) is 10. The SMILES string of the molecule is CCC(c1cccc(CN=CC(=NN)c2cc(-c3cccc(C#N)c3)nc(N)n2)n1)N1CCC(C(=O)O)CC1. The number of nitrogens with two attached hydrogens (primary N) is 2. The Kier molecular flexibility index (Phi) is 8.91. The fraction of sp³-hybridized carbons (Fsp3) is 0.321. The molecule has 0 spiro atoms. The molecule has 0 bridgehead atoms. The lowest BCUT2D eigenvalue weighted by Gasteiger charge is -2.35. The average Bonchev–Trinajstić information content (AvgIpc) is 2.96. The molecular weight excluding hydrogens is 494 g/mol. The molecule has 3 aromatic rings. The van der Waals surface area contributed by atoms with Gasteiger partial charge in [-0.15, -0.1) is 0 Å². The molecular formula is C28H31N9O2. The molecule has 0 amide bonds. The van der Waals surface area contributed by atoms with E-state index in [1.165, 1.54) is 6.21 Å². The largest absolute Gasteiger partial charge is 0.481 e. The smallest absolute Gasteiger partial charge is 0.306 e. The topological polar surface area (TPSA) is 180 Å². The highest BCUT2D eigenvalue weighted by atomic mass is 16.4. The summed E-state index contributed by atoms with van der Waals surface area (Å²) in [6, 6.07) is 16.8. The Bertz CT molecular complexity index is 1420. The van der Waals surface area contributed by atoms with Crippen molar-refractivity contribution in [2.45, 2.75) is 38.8 Å². The summed E-state index contributed by atoms with van der Waals surface area (Å²) in [4.78, 5) is 31.5. The fourth-order valence-corrected chi connectivity index (χ4v) is 4.77. The van der Waals surface area contributed by atoms with Crippen LogP contribution < -0.4 is 11.6 Å². The van der Waals surface area contributed by atoms with Crippen molar-refractivity contribution in [2.75, 3.05) is 18.8 Å². The Morgan fingerprint density at radius 1 is 1.21 bits per heavy atom. The summed E-state index contributed by atoms with van der Waals surface area (Å²) in [6.07, 6.45) is 3.70. The van der Waals surface area contributed by atoms with Crippen molar-refractivity contribution in [3.8, 4) is 17.3 Å². The molecule has 1 aliphatic rings. The first-order chi connectivity index (χ1) is 18.9. The standard InChI is InChI=1S/C28H31N9O2/c1-2-26(37-11-9-19(10-12-37)27(38)39)22-8-4-7-21(33-22)16-32-17-25(36-31)24-14-23(34-28(30)35-24)20-6-3-5-18(13-20)15-29/h3-8,13-14,17,19,26H,2,9-12,16,31H2,1H3,(H,38,39)(H2,30,34,35). The fourth-order valence-electron chi connectivity index (χ4n) is 4.77. The zero-order valence-electron chi connectivity index (χ0n) is 21.7. The van der Waals surface area contributed by atoms with Crippen LogP contribution >= 0.6 is 0 Å². The van der Waals surface area contributed by atoms with Crippen molar-refractivity contribution in [1.82, 2.24) is 19.9 Å². The number of carboxylic acids is 1. The molecule has 2 aromatic heterocycles. The van der Waals surface area contributed by atoms with Gasteiger partial charge in [0.05, 0.1) is 59.1 Å². The van der Waals surface area contributed by atoms with E-state index in [0.29, 0.717) is 42.0 Å². The number of nitriles is 1. The molecule has 0 saturated carbocycles. The number of likely N-dealkylation sites (tertiary alicyclic amines) is 1. The molecule has 200 valence electrons. The first kappa shape index (κ1) is 27.3. The van der Waals surface area contributed by atoms with Crippen LogP contribution in [0.25, 0.3) is 11.3 Å². The normalized spacial score (nSPS) is 15.7. The lowest BCUT2D eigenvalue weighted by atomic mass is 9.94. The molecule has 1 saturated heterocycles. The maximum atomic E-state index is 11.3. The van der Waals surface area contributed by atoms with E-state index >= 15 is 0 Å². The molecule has 3 heterocycles. The zero-order chi connectivity index (χ0) is 27.8. The highest BCUT2D eigenvalue weighted by Crippen LogP contribution is 2.28. The van der Waals surface area contributed by atoms with Crippen LogP contribution in [0.5, 0.6) is 0 Å². The number of anilines is 1. The number of hydrazone groups is 1. The van der Waals surface area contributed by atoms with E-state index in [-0.39, 0.29) is 17.9 Å². The minimum Gasteiger partial charge on any atom is -0.481 e. The van der Waals surface area contributed by atoms with Gasteiger partial charge < -0.3 is 16.7 Å². The Labute approximate surface area is 226 Å². The third kappa shape index (κ3) is 6.80. The first-order valence-corrected chi connectivity index (χ1v) is 12.8. The Hall–Kier alpha value is -4.69. The molecule has 0 aliphatic carbocycles. The van der Waals surface area contributed by atoms with Crippen LogP contribution in [0, 0.1) is 17.2 Å². The van der Waals surface area contributed by atoms with Crippen molar-refractivity contribution in [1.29, 1.82) is 5.26 Å². The second-order valence-corrected chi connectivity index (χ2v) is 9.30. The van der Waals surface area contributed by atoms with Crippen molar-refractivity contribution in [3.63, 3.8) is 0 Å². The number of carboxylic acid groups (broad SMARTS) is 1. The molecule has 1 fully saturated rings.